The smallest absolute Gasteiger partial charge is 0.255 e. The average Bonchev–Trinajstić information content (AvgIpc) is 3.12. The summed E-state index contributed by atoms with van der Waals surface area (Å²) in [7, 11) is 0. The second-order valence-electron chi connectivity index (χ2n) is 6.38. The molecule has 0 saturated carbocycles. The van der Waals surface area contributed by atoms with Gasteiger partial charge in [-0.05, 0) is 35.2 Å². The van der Waals surface area contributed by atoms with E-state index in [0.29, 0.717) is 17.6 Å². The van der Waals surface area contributed by atoms with E-state index in [9.17, 15) is 9.59 Å². The first-order chi connectivity index (χ1) is 12.2. The monoisotopic (exact) mass is 333 g/mol. The van der Waals surface area contributed by atoms with E-state index < -0.39 is 0 Å². The number of hydrogen-bond acceptors (Lipinski definition) is 3. The first-order valence-electron chi connectivity index (χ1n) is 8.40. The van der Waals surface area contributed by atoms with Gasteiger partial charge in [-0.15, -0.1) is 0 Å². The van der Waals surface area contributed by atoms with Gasteiger partial charge >= 0.3 is 0 Å². The quantitative estimate of drug-likeness (QED) is 0.689. The van der Waals surface area contributed by atoms with E-state index in [4.69, 9.17) is 0 Å². The van der Waals surface area contributed by atoms with Crippen molar-refractivity contribution in [3.05, 3.63) is 76.7 Å². The highest BCUT2D eigenvalue weighted by Crippen LogP contribution is 2.29. The van der Waals surface area contributed by atoms with Crippen LogP contribution < -0.4 is 16.2 Å². The lowest BCUT2D eigenvalue weighted by molar-refractivity contribution is -0.119. The Morgan fingerprint density at radius 3 is 2.72 bits per heavy atom. The summed E-state index contributed by atoms with van der Waals surface area (Å²) in [4.78, 5) is 27.2. The summed E-state index contributed by atoms with van der Waals surface area (Å²) in [5.41, 5.74) is 1.76. The summed E-state index contributed by atoms with van der Waals surface area (Å²) < 4.78 is 0. The molecule has 25 heavy (non-hydrogen) atoms. The zero-order chi connectivity index (χ0) is 17.2. The molecule has 0 bridgehead atoms. The minimum Gasteiger partial charge on any atom is -0.329 e. The Morgan fingerprint density at radius 1 is 1.04 bits per heavy atom. The van der Waals surface area contributed by atoms with Gasteiger partial charge < -0.3 is 15.6 Å². The molecule has 0 radical (unpaired) electrons. The largest absolute Gasteiger partial charge is 0.329 e. The van der Waals surface area contributed by atoms with Crippen LogP contribution in [0.15, 0.2) is 65.6 Å². The van der Waals surface area contributed by atoms with E-state index >= 15 is 0 Å². The Bertz CT molecular complexity index is 965. The van der Waals surface area contributed by atoms with Gasteiger partial charge in [0.1, 0.15) is 0 Å². The highest BCUT2D eigenvalue weighted by molar-refractivity contribution is 5.96. The number of benzene rings is 2. The number of hydrogen-bond donors (Lipinski definition) is 3. The van der Waals surface area contributed by atoms with Crippen LogP contribution in [0.4, 0.5) is 5.69 Å². The Balaban J connectivity index is 1.56. The Labute approximate surface area is 145 Å². The summed E-state index contributed by atoms with van der Waals surface area (Å²) in [5.74, 6) is 0.0600. The molecule has 2 heterocycles. The van der Waals surface area contributed by atoms with Crippen LogP contribution in [-0.2, 0) is 4.79 Å². The number of pyridine rings is 1. The SMILES string of the molecule is O=C(Nc1ccc2c(=O)[nH]ccc2c1)C1CNCC1c1ccccc1. The standard InChI is InChI=1S/C20H19N3O2/c24-19-16-7-6-15(10-14(16)8-9-22-19)23-20(25)18-12-21-11-17(18)13-4-2-1-3-5-13/h1-10,17-18,21H,11-12H2,(H,22,24)(H,23,25). The van der Waals surface area contributed by atoms with Crippen LogP contribution >= 0.6 is 0 Å². The fourth-order valence-corrected chi connectivity index (χ4v) is 3.51. The Morgan fingerprint density at radius 2 is 1.88 bits per heavy atom. The van der Waals surface area contributed by atoms with Gasteiger partial charge in [0.15, 0.2) is 0 Å². The second kappa shape index (κ2) is 6.53. The molecule has 0 aliphatic carbocycles. The Hall–Kier alpha value is -2.92. The molecule has 5 nitrogen and oxygen atoms in total. The molecule has 1 aromatic heterocycles. The van der Waals surface area contributed by atoms with E-state index in [2.05, 4.69) is 27.8 Å². The van der Waals surface area contributed by atoms with Crippen molar-refractivity contribution >= 4 is 22.4 Å². The predicted octanol–water partition coefficient (Wildman–Crippen LogP) is 2.47. The normalized spacial score (nSPS) is 19.8. The van der Waals surface area contributed by atoms with Crippen LogP contribution in [0.1, 0.15) is 11.5 Å². The number of aromatic nitrogens is 1. The maximum absolute atomic E-state index is 12.8. The summed E-state index contributed by atoms with van der Waals surface area (Å²) in [5, 5.41) is 7.75. The van der Waals surface area contributed by atoms with Gasteiger partial charge in [0.25, 0.3) is 5.56 Å². The topological polar surface area (TPSA) is 74.0 Å². The molecule has 126 valence electrons. The first kappa shape index (κ1) is 15.6. The molecule has 2 atom stereocenters. The van der Waals surface area contributed by atoms with Crippen LogP contribution in [0.2, 0.25) is 0 Å². The maximum atomic E-state index is 12.8. The van der Waals surface area contributed by atoms with Crippen molar-refractivity contribution in [3.8, 4) is 0 Å². The third-order valence-electron chi connectivity index (χ3n) is 4.82. The zero-order valence-electron chi connectivity index (χ0n) is 13.7. The van der Waals surface area contributed by atoms with E-state index in [0.717, 1.165) is 11.9 Å². The van der Waals surface area contributed by atoms with Crippen LogP contribution in [0.5, 0.6) is 0 Å². The fraction of sp³-hybridized carbons (Fsp3) is 0.200. The highest BCUT2D eigenvalue weighted by atomic mass is 16.2. The molecule has 1 amide bonds. The molecule has 1 aliphatic heterocycles. The lowest BCUT2D eigenvalue weighted by Crippen LogP contribution is -2.28. The molecule has 3 aromatic rings. The van der Waals surface area contributed by atoms with Crippen molar-refractivity contribution in [3.63, 3.8) is 0 Å². The number of amides is 1. The number of aromatic amines is 1. The molecule has 1 aliphatic rings. The number of nitrogens with one attached hydrogen (secondary N) is 3. The molecule has 1 fully saturated rings. The summed E-state index contributed by atoms with van der Waals surface area (Å²) in [6, 6.07) is 17.3. The van der Waals surface area contributed by atoms with Gasteiger partial charge in [-0.25, -0.2) is 0 Å². The third-order valence-corrected chi connectivity index (χ3v) is 4.82. The fourth-order valence-electron chi connectivity index (χ4n) is 3.51. The maximum Gasteiger partial charge on any atom is 0.255 e. The molecule has 0 spiro atoms. The van der Waals surface area contributed by atoms with Gasteiger partial charge in [-0.3, -0.25) is 9.59 Å². The zero-order valence-corrected chi connectivity index (χ0v) is 13.7. The summed E-state index contributed by atoms with van der Waals surface area (Å²) >= 11 is 0. The van der Waals surface area contributed by atoms with E-state index in [-0.39, 0.29) is 23.3 Å². The number of carbonyl (C=O) groups is 1. The van der Waals surface area contributed by atoms with Crippen LogP contribution in [0.25, 0.3) is 10.8 Å². The van der Waals surface area contributed by atoms with Crippen LogP contribution in [0.3, 0.4) is 0 Å². The number of rotatable bonds is 3. The lowest BCUT2D eigenvalue weighted by atomic mass is 9.88. The molecule has 2 unspecified atom stereocenters. The Kier molecular flexibility index (Phi) is 4.07. The van der Waals surface area contributed by atoms with Gasteiger partial charge in [-0.2, -0.15) is 0 Å². The molecule has 4 rings (SSSR count). The average molecular weight is 333 g/mol. The van der Waals surface area contributed by atoms with E-state index in [1.165, 1.54) is 5.56 Å². The third kappa shape index (κ3) is 3.06. The second-order valence-corrected chi connectivity index (χ2v) is 6.38. The lowest BCUT2D eigenvalue weighted by Gasteiger charge is -2.18. The number of carbonyl (C=O) groups excluding carboxylic acids is 1. The first-order valence-corrected chi connectivity index (χ1v) is 8.40. The van der Waals surface area contributed by atoms with Crippen molar-refractivity contribution in [2.24, 2.45) is 5.92 Å². The van der Waals surface area contributed by atoms with Crippen LogP contribution in [-0.4, -0.2) is 24.0 Å². The van der Waals surface area contributed by atoms with Gasteiger partial charge in [-0.1, -0.05) is 30.3 Å². The molecular weight excluding hydrogens is 314 g/mol. The summed E-state index contributed by atoms with van der Waals surface area (Å²) in [6.07, 6.45) is 1.61. The predicted molar refractivity (Wildman–Crippen MR) is 98.7 cm³/mol. The number of H-pyrrole nitrogens is 1. The van der Waals surface area contributed by atoms with Crippen molar-refractivity contribution in [1.82, 2.24) is 10.3 Å². The van der Waals surface area contributed by atoms with Gasteiger partial charge in [0.2, 0.25) is 5.91 Å². The number of anilines is 1. The molecule has 2 aromatic carbocycles. The van der Waals surface area contributed by atoms with Crippen molar-refractivity contribution in [1.29, 1.82) is 0 Å². The van der Waals surface area contributed by atoms with Crippen molar-refractivity contribution in [2.45, 2.75) is 5.92 Å². The van der Waals surface area contributed by atoms with Crippen molar-refractivity contribution in [2.75, 3.05) is 18.4 Å². The van der Waals surface area contributed by atoms with Crippen LogP contribution in [0, 0.1) is 5.92 Å². The summed E-state index contributed by atoms with van der Waals surface area (Å²) in [6.45, 7) is 1.47. The van der Waals surface area contributed by atoms with Gasteiger partial charge in [0, 0.05) is 36.3 Å². The molecule has 1 saturated heterocycles. The van der Waals surface area contributed by atoms with E-state index in [1.54, 1.807) is 18.3 Å². The molecule has 3 N–H and O–H groups in total. The van der Waals surface area contributed by atoms with Gasteiger partial charge in [0.05, 0.1) is 5.92 Å². The number of fused-ring (bicyclic) bond motifs is 1. The molecule has 5 heteroatoms. The minimum absolute atomic E-state index is 0.00282. The molecular formula is C20H19N3O2. The van der Waals surface area contributed by atoms with E-state index in [1.807, 2.05) is 30.3 Å². The highest BCUT2D eigenvalue weighted by Gasteiger charge is 2.33. The minimum atomic E-state index is -0.125. The van der Waals surface area contributed by atoms with Crippen molar-refractivity contribution < 1.29 is 4.79 Å².